The van der Waals surface area contributed by atoms with Gasteiger partial charge in [-0.1, -0.05) is 176 Å². The molecule has 0 amide bonds. The highest BCUT2D eigenvalue weighted by Gasteiger charge is 2.23. The fourth-order valence-corrected chi connectivity index (χ4v) is 10.3. The zero-order chi connectivity index (χ0) is 41.9. The monoisotopic (exact) mass is 814 g/mol. The third-order valence-corrected chi connectivity index (χ3v) is 13.2. The van der Waals surface area contributed by atoms with Crippen molar-refractivity contribution in [2.24, 2.45) is 0 Å². The Balaban J connectivity index is 1.06. The first-order chi connectivity index (χ1) is 31.7. The number of fused-ring (bicyclic) bond motifs is 14. The summed E-state index contributed by atoms with van der Waals surface area (Å²) >= 11 is 0. The van der Waals surface area contributed by atoms with Crippen LogP contribution in [0.4, 0.5) is 0 Å². The number of hydrogen-bond acceptors (Lipinski definition) is 4. The van der Waals surface area contributed by atoms with Gasteiger partial charge in [0.05, 0.1) is 16.7 Å². The summed E-state index contributed by atoms with van der Waals surface area (Å²) in [6, 6.07) is 73.2. The molecule has 64 heavy (non-hydrogen) atoms. The van der Waals surface area contributed by atoms with Gasteiger partial charge in [-0.15, -0.1) is 0 Å². The van der Waals surface area contributed by atoms with E-state index in [1.807, 2.05) is 18.2 Å². The molecule has 0 radical (unpaired) electrons. The maximum atomic E-state index is 7.21. The molecule has 0 saturated heterocycles. The Hall–Kier alpha value is -8.67. The molecule has 3 aromatic heterocycles. The van der Waals surface area contributed by atoms with E-state index in [9.17, 15) is 0 Å². The molecule has 5 heteroatoms. The predicted molar refractivity (Wildman–Crippen MR) is 265 cm³/mol. The van der Waals surface area contributed by atoms with E-state index >= 15 is 0 Å². The van der Waals surface area contributed by atoms with Crippen molar-refractivity contribution in [1.29, 1.82) is 0 Å². The fourth-order valence-electron chi connectivity index (χ4n) is 10.3. The van der Waals surface area contributed by atoms with E-state index < -0.39 is 0 Å². The summed E-state index contributed by atoms with van der Waals surface area (Å²) < 4.78 is 9.63. The van der Waals surface area contributed by atoms with Gasteiger partial charge in [0.25, 0.3) is 0 Å². The molecule has 14 aromatic rings. The lowest BCUT2D eigenvalue weighted by Gasteiger charge is -2.13. The number of rotatable bonds is 4. The second-order valence-electron chi connectivity index (χ2n) is 16.7. The lowest BCUT2D eigenvalue weighted by Crippen LogP contribution is -2.01. The molecular weight excluding hydrogens is 781 g/mol. The van der Waals surface area contributed by atoms with Crippen molar-refractivity contribution in [3.05, 3.63) is 206 Å². The Kier molecular flexibility index (Phi) is 7.33. The van der Waals surface area contributed by atoms with Crippen molar-refractivity contribution in [2.75, 3.05) is 0 Å². The second-order valence-corrected chi connectivity index (χ2v) is 16.7. The van der Waals surface area contributed by atoms with E-state index in [4.69, 9.17) is 19.4 Å². The Morgan fingerprint density at radius 2 is 0.875 bits per heavy atom. The van der Waals surface area contributed by atoms with Crippen molar-refractivity contribution in [1.82, 2.24) is 19.5 Å². The zero-order valence-electron chi connectivity index (χ0n) is 34.3. The van der Waals surface area contributed by atoms with Crippen LogP contribution in [0.15, 0.2) is 211 Å². The molecule has 11 aromatic carbocycles. The van der Waals surface area contributed by atoms with Crippen LogP contribution < -0.4 is 0 Å². The third kappa shape index (κ3) is 5.09. The first kappa shape index (κ1) is 35.0. The van der Waals surface area contributed by atoms with E-state index in [-0.39, 0.29) is 0 Å². The van der Waals surface area contributed by atoms with Crippen LogP contribution >= 0.6 is 0 Å². The van der Waals surface area contributed by atoms with Crippen LogP contribution in [0.3, 0.4) is 0 Å². The van der Waals surface area contributed by atoms with Crippen molar-refractivity contribution in [2.45, 2.75) is 0 Å². The summed E-state index contributed by atoms with van der Waals surface area (Å²) in [6.07, 6.45) is 0. The molecule has 0 aliphatic heterocycles. The lowest BCUT2D eigenvalue weighted by molar-refractivity contribution is 0.670. The largest absolute Gasteiger partial charge is 0.453 e. The van der Waals surface area contributed by atoms with E-state index in [0.29, 0.717) is 17.5 Å². The topological polar surface area (TPSA) is 56.7 Å². The van der Waals surface area contributed by atoms with Crippen LogP contribution in [-0.4, -0.2) is 19.5 Å². The van der Waals surface area contributed by atoms with E-state index in [1.165, 1.54) is 37.7 Å². The first-order valence-electron chi connectivity index (χ1n) is 21.7. The molecule has 0 fully saturated rings. The van der Waals surface area contributed by atoms with Gasteiger partial charge in [0, 0.05) is 49.0 Å². The quantitative estimate of drug-likeness (QED) is 0.166. The summed E-state index contributed by atoms with van der Waals surface area (Å²) in [6.45, 7) is 0. The predicted octanol–water partition coefficient (Wildman–Crippen LogP) is 15.6. The molecule has 3 heterocycles. The molecule has 0 aliphatic rings. The average Bonchev–Trinajstić information content (AvgIpc) is 3.91. The summed E-state index contributed by atoms with van der Waals surface area (Å²) in [4.78, 5) is 15.9. The highest BCUT2D eigenvalue weighted by molar-refractivity contribution is 6.23. The highest BCUT2D eigenvalue weighted by atomic mass is 16.3. The van der Waals surface area contributed by atoms with Crippen LogP contribution in [0.2, 0.25) is 0 Å². The minimum Gasteiger partial charge on any atom is -0.453 e. The summed E-state index contributed by atoms with van der Waals surface area (Å²) in [5.41, 5.74) is 7.74. The molecule has 296 valence electrons. The lowest BCUT2D eigenvalue weighted by atomic mass is 9.96. The average molecular weight is 815 g/mol. The molecule has 14 rings (SSSR count). The normalized spacial score (nSPS) is 12.1. The number of aromatic nitrogens is 4. The summed E-state index contributed by atoms with van der Waals surface area (Å²) in [5, 5.41) is 15.8. The van der Waals surface area contributed by atoms with E-state index in [0.717, 1.165) is 82.3 Å². The summed E-state index contributed by atoms with van der Waals surface area (Å²) in [7, 11) is 0. The smallest absolute Gasteiger partial charge is 0.164 e. The minimum atomic E-state index is 0.602. The standard InChI is InChI=1S/C59H34N4O/c1-2-16-36(17-3-1)57-60-58(50-32-39-20-7-8-21-40(39)42-23-10-11-24-43(42)50)62-59(61-57)51-34-49-47-27-14-28-52(56(47)64-55(49)46-26-13-12-25-44(46)51)63-53-33-38-19-5-4-18-37(38)31-48(53)45-30-29-35-15-6-9-22-41(35)54(45)63/h1-34H. The fraction of sp³-hybridized carbons (Fsp3) is 0. The molecule has 0 aliphatic carbocycles. The van der Waals surface area contributed by atoms with Crippen LogP contribution in [0, 0.1) is 0 Å². The SMILES string of the molecule is c1ccc(-c2nc(-c3cc4ccccc4c4ccccc34)nc(-c3cc4c5cccc(-n6c7cc8ccccc8cc7c7ccc8ccccc8c76)c5oc4c4ccccc34)n2)cc1. The van der Waals surface area contributed by atoms with E-state index in [2.05, 4.69) is 193 Å². The van der Waals surface area contributed by atoms with Gasteiger partial charge in [-0.05, 0) is 73.4 Å². The number of benzene rings is 11. The van der Waals surface area contributed by atoms with Crippen molar-refractivity contribution >= 4 is 97.6 Å². The molecule has 0 N–H and O–H groups in total. The first-order valence-corrected chi connectivity index (χ1v) is 21.7. The van der Waals surface area contributed by atoms with E-state index in [1.54, 1.807) is 0 Å². The minimum absolute atomic E-state index is 0.602. The highest BCUT2D eigenvalue weighted by Crippen LogP contribution is 2.45. The van der Waals surface area contributed by atoms with Crippen LogP contribution in [0.5, 0.6) is 0 Å². The van der Waals surface area contributed by atoms with Crippen LogP contribution in [0.1, 0.15) is 0 Å². The zero-order valence-corrected chi connectivity index (χ0v) is 34.3. The van der Waals surface area contributed by atoms with Gasteiger partial charge in [0.15, 0.2) is 23.1 Å². The maximum absolute atomic E-state index is 7.21. The number of para-hydroxylation sites is 1. The van der Waals surface area contributed by atoms with Gasteiger partial charge >= 0.3 is 0 Å². The molecule has 5 nitrogen and oxygen atoms in total. The maximum Gasteiger partial charge on any atom is 0.164 e. The number of furan rings is 1. The van der Waals surface area contributed by atoms with Crippen LogP contribution in [-0.2, 0) is 0 Å². The van der Waals surface area contributed by atoms with Gasteiger partial charge in [0.2, 0.25) is 0 Å². The third-order valence-electron chi connectivity index (χ3n) is 13.2. The van der Waals surface area contributed by atoms with Crippen LogP contribution in [0.25, 0.3) is 137 Å². The number of hydrogen-bond donors (Lipinski definition) is 0. The van der Waals surface area contributed by atoms with Gasteiger partial charge in [-0.25, -0.2) is 15.0 Å². The Labute approximate surface area is 366 Å². The van der Waals surface area contributed by atoms with Crippen molar-refractivity contribution in [3.63, 3.8) is 0 Å². The Bertz CT molecular complexity index is 4260. The molecule has 0 unspecified atom stereocenters. The molecule has 0 spiro atoms. The molecule has 0 atom stereocenters. The van der Waals surface area contributed by atoms with Crippen molar-refractivity contribution in [3.8, 4) is 39.9 Å². The van der Waals surface area contributed by atoms with Gasteiger partial charge < -0.3 is 8.98 Å². The second kappa shape index (κ2) is 13.4. The Morgan fingerprint density at radius 1 is 0.312 bits per heavy atom. The molecular formula is C59H34N4O. The molecule has 0 saturated carbocycles. The van der Waals surface area contributed by atoms with Gasteiger partial charge in [0.1, 0.15) is 5.58 Å². The van der Waals surface area contributed by atoms with Crippen molar-refractivity contribution < 1.29 is 4.42 Å². The molecule has 0 bridgehead atoms. The summed E-state index contributed by atoms with van der Waals surface area (Å²) in [5.74, 6) is 1.85. The Morgan fingerprint density at radius 3 is 1.66 bits per heavy atom. The van der Waals surface area contributed by atoms with Gasteiger partial charge in [-0.2, -0.15) is 0 Å². The number of nitrogens with zero attached hydrogens (tertiary/aromatic N) is 4. The van der Waals surface area contributed by atoms with Gasteiger partial charge in [-0.3, -0.25) is 0 Å².